The molecule has 0 aliphatic carbocycles. The second-order valence-corrected chi connectivity index (χ2v) is 1.44. The summed E-state index contributed by atoms with van der Waals surface area (Å²) in [6.07, 6.45) is 0.0432. The van der Waals surface area contributed by atoms with Gasteiger partial charge in [-0.2, -0.15) is 0 Å². The minimum Gasteiger partial charge on any atom is -0.450 e. The van der Waals surface area contributed by atoms with Gasteiger partial charge in [-0.1, -0.05) is 6.32 Å². The van der Waals surface area contributed by atoms with Gasteiger partial charge in [0.1, 0.15) is 0 Å². The summed E-state index contributed by atoms with van der Waals surface area (Å²) in [6, 6.07) is 0. The Hall–Kier alpha value is -0.665. The van der Waals surface area contributed by atoms with E-state index in [4.69, 9.17) is 7.85 Å². The van der Waals surface area contributed by atoms with Crippen LogP contribution in [-0.4, -0.2) is 27.1 Å². The van der Waals surface area contributed by atoms with Crippen molar-refractivity contribution in [3.05, 3.63) is 0 Å². The van der Waals surface area contributed by atoms with Gasteiger partial charge in [0.15, 0.2) is 0 Å². The zero-order chi connectivity index (χ0) is 7.11. The van der Waals surface area contributed by atoms with Crippen molar-refractivity contribution in [1.29, 1.82) is 0 Å². The molecule has 0 aromatic rings. The Morgan fingerprint density at radius 3 is 2.89 bits per heavy atom. The number of carbonyl (C=O) groups is 1. The minimum atomic E-state index is -0.400. The van der Waals surface area contributed by atoms with E-state index in [2.05, 4.69) is 10.1 Å². The van der Waals surface area contributed by atoms with Gasteiger partial charge in [-0.15, -0.1) is 0 Å². The number of rotatable bonds is 3. The fourth-order valence-electron chi connectivity index (χ4n) is 0.356. The first-order chi connectivity index (χ1) is 4.31. The van der Waals surface area contributed by atoms with Gasteiger partial charge in [-0.05, 0) is 6.92 Å². The average molecular weight is 127 g/mol. The molecular formula is C5H10BNO2. The molecule has 0 saturated carbocycles. The number of ether oxygens (including phenoxy) is 1. The van der Waals surface area contributed by atoms with Crippen molar-refractivity contribution in [2.24, 2.45) is 0 Å². The first kappa shape index (κ1) is 8.33. The lowest BCUT2D eigenvalue weighted by Gasteiger charge is -2.01. The van der Waals surface area contributed by atoms with Crippen LogP contribution in [0.4, 0.5) is 4.79 Å². The molecule has 9 heavy (non-hydrogen) atoms. The van der Waals surface area contributed by atoms with Crippen LogP contribution >= 0.6 is 0 Å². The third kappa shape index (κ3) is 5.20. The highest BCUT2D eigenvalue weighted by atomic mass is 16.5. The molecule has 0 aromatic heterocycles. The van der Waals surface area contributed by atoms with Gasteiger partial charge in [0.2, 0.25) is 0 Å². The Bertz CT molecular complexity index is 87.0. The average Bonchev–Trinajstić information content (AvgIpc) is 1.85. The molecule has 50 valence electrons. The second-order valence-electron chi connectivity index (χ2n) is 1.44. The number of hydrogen-bond donors (Lipinski definition) is 1. The number of carbonyl (C=O) groups excluding carboxylic acids is 1. The van der Waals surface area contributed by atoms with Crippen LogP contribution in [0.2, 0.25) is 6.32 Å². The summed E-state index contributed by atoms with van der Waals surface area (Å²) in [7, 11) is 5.10. The Kier molecular flexibility index (Phi) is 5.07. The molecule has 2 radical (unpaired) electrons. The summed E-state index contributed by atoms with van der Waals surface area (Å²) >= 11 is 0. The Balaban J connectivity index is 3.06. The summed E-state index contributed by atoms with van der Waals surface area (Å²) in [5, 5.41) is 2.45. The van der Waals surface area contributed by atoms with E-state index in [1.54, 1.807) is 6.92 Å². The van der Waals surface area contributed by atoms with Gasteiger partial charge < -0.3 is 10.1 Å². The summed E-state index contributed by atoms with van der Waals surface area (Å²) < 4.78 is 4.54. The van der Waals surface area contributed by atoms with Crippen molar-refractivity contribution in [2.45, 2.75) is 13.2 Å². The molecule has 0 bridgehead atoms. The topological polar surface area (TPSA) is 38.3 Å². The number of hydrogen-bond acceptors (Lipinski definition) is 2. The highest BCUT2D eigenvalue weighted by Gasteiger charge is 1.94. The molecule has 1 N–H and O–H groups in total. The molecule has 4 heteroatoms. The number of alkyl carbamates (subject to hydrolysis) is 1. The number of amides is 1. The first-order valence-corrected chi connectivity index (χ1v) is 2.92. The third-order valence-corrected chi connectivity index (χ3v) is 0.689. The monoisotopic (exact) mass is 127 g/mol. The summed E-state index contributed by atoms with van der Waals surface area (Å²) in [5.41, 5.74) is 0. The largest absolute Gasteiger partial charge is 0.450 e. The van der Waals surface area contributed by atoms with Crippen molar-refractivity contribution in [3.63, 3.8) is 0 Å². The predicted octanol–water partition coefficient (Wildman–Crippen LogP) is 0.319. The van der Waals surface area contributed by atoms with E-state index in [9.17, 15) is 4.79 Å². The van der Waals surface area contributed by atoms with Gasteiger partial charge in [0.25, 0.3) is 0 Å². The van der Waals surface area contributed by atoms with Crippen molar-refractivity contribution >= 4 is 13.9 Å². The standard InChI is InChI=1S/C5H10BNO2/c1-2-9-5(8)7-4-3-6/h2-4H2,1H3,(H,7,8). The third-order valence-electron chi connectivity index (χ3n) is 0.689. The van der Waals surface area contributed by atoms with E-state index in [0.717, 1.165) is 0 Å². The smallest absolute Gasteiger partial charge is 0.407 e. The lowest BCUT2D eigenvalue weighted by atomic mass is 10.1. The molecule has 0 aliphatic rings. The summed E-state index contributed by atoms with van der Waals surface area (Å²) in [4.78, 5) is 10.4. The highest BCUT2D eigenvalue weighted by molar-refractivity contribution is 6.08. The van der Waals surface area contributed by atoms with Crippen molar-refractivity contribution in [3.8, 4) is 0 Å². The van der Waals surface area contributed by atoms with Crippen LogP contribution in [0.5, 0.6) is 0 Å². The van der Waals surface area contributed by atoms with E-state index in [1.165, 1.54) is 0 Å². The molecular weight excluding hydrogens is 117 g/mol. The molecule has 0 aromatic carbocycles. The van der Waals surface area contributed by atoms with Gasteiger partial charge in [0.05, 0.1) is 14.5 Å². The summed E-state index contributed by atoms with van der Waals surface area (Å²) in [5.74, 6) is 0. The van der Waals surface area contributed by atoms with Gasteiger partial charge in [-0.25, -0.2) is 4.79 Å². The fourth-order valence-corrected chi connectivity index (χ4v) is 0.356. The van der Waals surface area contributed by atoms with E-state index in [0.29, 0.717) is 19.5 Å². The normalized spacial score (nSPS) is 8.56. The second kappa shape index (κ2) is 5.47. The van der Waals surface area contributed by atoms with Crippen LogP contribution in [0.25, 0.3) is 0 Å². The van der Waals surface area contributed by atoms with Gasteiger partial charge >= 0.3 is 6.09 Å². The maximum atomic E-state index is 10.4. The maximum absolute atomic E-state index is 10.4. The maximum Gasteiger partial charge on any atom is 0.407 e. The molecule has 0 fully saturated rings. The fraction of sp³-hybridized carbons (Fsp3) is 0.800. The molecule has 0 aliphatic heterocycles. The highest BCUT2D eigenvalue weighted by Crippen LogP contribution is 1.75. The van der Waals surface area contributed by atoms with E-state index in [1.807, 2.05) is 0 Å². The molecule has 0 atom stereocenters. The lowest BCUT2D eigenvalue weighted by Crippen LogP contribution is -2.24. The van der Waals surface area contributed by atoms with Crippen molar-refractivity contribution < 1.29 is 9.53 Å². The molecule has 0 unspecified atom stereocenters. The van der Waals surface area contributed by atoms with Crippen LogP contribution in [0, 0.1) is 0 Å². The molecule has 0 heterocycles. The van der Waals surface area contributed by atoms with E-state index in [-0.39, 0.29) is 0 Å². The van der Waals surface area contributed by atoms with Crippen LogP contribution in [0.1, 0.15) is 6.92 Å². The first-order valence-electron chi connectivity index (χ1n) is 2.92. The quantitative estimate of drug-likeness (QED) is 0.554. The zero-order valence-corrected chi connectivity index (χ0v) is 5.52. The zero-order valence-electron chi connectivity index (χ0n) is 5.52. The molecule has 0 spiro atoms. The Labute approximate surface area is 56.2 Å². The molecule has 3 nitrogen and oxygen atoms in total. The lowest BCUT2D eigenvalue weighted by molar-refractivity contribution is 0.153. The molecule has 0 rings (SSSR count). The van der Waals surface area contributed by atoms with Crippen molar-refractivity contribution in [2.75, 3.05) is 13.2 Å². The Morgan fingerprint density at radius 2 is 2.44 bits per heavy atom. The van der Waals surface area contributed by atoms with Crippen LogP contribution in [0.15, 0.2) is 0 Å². The minimum absolute atomic E-state index is 0.399. The van der Waals surface area contributed by atoms with E-state index >= 15 is 0 Å². The number of nitrogens with one attached hydrogen (secondary N) is 1. The SMILES string of the molecule is [B]CCNC(=O)OCC. The van der Waals surface area contributed by atoms with E-state index < -0.39 is 6.09 Å². The molecule has 1 amide bonds. The van der Waals surface area contributed by atoms with Crippen LogP contribution in [-0.2, 0) is 4.74 Å². The van der Waals surface area contributed by atoms with Crippen LogP contribution in [0.3, 0.4) is 0 Å². The Morgan fingerprint density at radius 1 is 1.78 bits per heavy atom. The van der Waals surface area contributed by atoms with Crippen LogP contribution < -0.4 is 5.32 Å². The van der Waals surface area contributed by atoms with Crippen molar-refractivity contribution in [1.82, 2.24) is 5.32 Å². The van der Waals surface area contributed by atoms with Gasteiger partial charge in [-0.3, -0.25) is 0 Å². The predicted molar refractivity (Wildman–Crippen MR) is 35.6 cm³/mol. The van der Waals surface area contributed by atoms with Gasteiger partial charge in [0, 0.05) is 6.54 Å². The molecule has 0 saturated heterocycles. The summed E-state index contributed by atoms with van der Waals surface area (Å²) in [6.45, 7) is 2.62.